The van der Waals surface area contributed by atoms with Crippen molar-refractivity contribution in [3.05, 3.63) is 145 Å². The summed E-state index contributed by atoms with van der Waals surface area (Å²) in [6, 6.07) is 46.7. The lowest BCUT2D eigenvalue weighted by molar-refractivity contribution is 0.986. The lowest BCUT2D eigenvalue weighted by Gasteiger charge is -2.16. The van der Waals surface area contributed by atoms with Crippen LogP contribution in [0, 0.1) is 0 Å². The molecule has 7 aromatic rings. The van der Waals surface area contributed by atoms with Crippen LogP contribution in [-0.2, 0) is 6.42 Å². The van der Waals surface area contributed by atoms with Crippen LogP contribution in [-0.4, -0.2) is 4.57 Å². The van der Waals surface area contributed by atoms with Gasteiger partial charge in [0, 0.05) is 16.2 Å². The smallest absolute Gasteiger partial charge is 0.0541 e. The summed E-state index contributed by atoms with van der Waals surface area (Å²) in [6.07, 6.45) is 6.85. The molecule has 1 nitrogen and oxygen atoms in total. The molecular formula is C38H27N. The Bertz CT molecular complexity index is 2070. The van der Waals surface area contributed by atoms with E-state index < -0.39 is 0 Å². The Balaban J connectivity index is 1.32. The fraction of sp³-hybridized carbons (Fsp3) is 0.0526. The summed E-state index contributed by atoms with van der Waals surface area (Å²) in [6.45, 7) is 0. The number of aryl methyl sites for hydroxylation is 1. The molecule has 39 heavy (non-hydrogen) atoms. The summed E-state index contributed by atoms with van der Waals surface area (Å²) in [5.74, 6) is 0. The Morgan fingerprint density at radius 2 is 1.26 bits per heavy atom. The molecule has 1 aliphatic rings. The van der Waals surface area contributed by atoms with Crippen LogP contribution in [0.1, 0.15) is 17.5 Å². The first kappa shape index (κ1) is 22.1. The molecule has 1 heterocycles. The topological polar surface area (TPSA) is 4.93 Å². The quantitative estimate of drug-likeness (QED) is 0.229. The van der Waals surface area contributed by atoms with E-state index in [1.54, 1.807) is 0 Å². The first-order valence-corrected chi connectivity index (χ1v) is 13.8. The van der Waals surface area contributed by atoms with Gasteiger partial charge in [0.25, 0.3) is 0 Å². The number of para-hydroxylation sites is 1. The molecule has 6 aromatic carbocycles. The van der Waals surface area contributed by atoms with Crippen LogP contribution in [0.5, 0.6) is 0 Å². The van der Waals surface area contributed by atoms with E-state index in [9.17, 15) is 0 Å². The van der Waals surface area contributed by atoms with E-state index in [-0.39, 0.29) is 0 Å². The van der Waals surface area contributed by atoms with Gasteiger partial charge in [-0.1, -0.05) is 109 Å². The molecule has 0 radical (unpaired) electrons. The van der Waals surface area contributed by atoms with Crippen molar-refractivity contribution in [3.8, 4) is 27.9 Å². The summed E-state index contributed by atoms with van der Waals surface area (Å²) in [5.41, 5.74) is 11.6. The number of rotatable bonds is 3. The van der Waals surface area contributed by atoms with E-state index in [0.29, 0.717) is 0 Å². The predicted molar refractivity (Wildman–Crippen MR) is 167 cm³/mol. The standard InChI is InChI=1S/C38H27N/c1-3-16-31-26(10-1)12-8-19-32(31)30-15-7-14-28(24-30)29-22-23-38-35(25-29)34-18-5-6-20-37(34)39(38)36-21-9-13-27-11-2-4-17-33(27)36/h2-9,11-25H,1,10H2. The van der Waals surface area contributed by atoms with Gasteiger partial charge in [-0.25, -0.2) is 0 Å². The van der Waals surface area contributed by atoms with Crippen molar-refractivity contribution in [2.24, 2.45) is 0 Å². The first-order valence-electron chi connectivity index (χ1n) is 13.8. The molecule has 0 unspecified atom stereocenters. The third kappa shape index (κ3) is 3.55. The number of allylic oxidation sites excluding steroid dienone is 1. The fourth-order valence-electron chi connectivity index (χ4n) is 6.40. The minimum atomic E-state index is 1.12. The minimum absolute atomic E-state index is 1.12. The third-order valence-electron chi connectivity index (χ3n) is 8.25. The molecule has 0 saturated heterocycles. The zero-order chi connectivity index (χ0) is 25.8. The van der Waals surface area contributed by atoms with Gasteiger partial charge in [-0.2, -0.15) is 0 Å². The van der Waals surface area contributed by atoms with E-state index in [0.717, 1.165) is 12.8 Å². The molecular weight excluding hydrogens is 470 g/mol. The van der Waals surface area contributed by atoms with Gasteiger partial charge in [-0.15, -0.1) is 0 Å². The predicted octanol–water partition coefficient (Wildman–Crippen LogP) is 10.2. The van der Waals surface area contributed by atoms with E-state index in [1.165, 1.54) is 71.6 Å². The average molecular weight is 498 g/mol. The normalized spacial score (nSPS) is 12.8. The summed E-state index contributed by atoms with van der Waals surface area (Å²) >= 11 is 0. The van der Waals surface area contributed by atoms with E-state index >= 15 is 0 Å². The second-order valence-corrected chi connectivity index (χ2v) is 10.5. The van der Waals surface area contributed by atoms with Crippen LogP contribution in [0.4, 0.5) is 0 Å². The van der Waals surface area contributed by atoms with Gasteiger partial charge >= 0.3 is 0 Å². The van der Waals surface area contributed by atoms with Crippen molar-refractivity contribution in [2.75, 3.05) is 0 Å². The maximum absolute atomic E-state index is 2.43. The Labute approximate surface area is 228 Å². The molecule has 0 spiro atoms. The number of hydrogen-bond acceptors (Lipinski definition) is 0. The number of aromatic nitrogens is 1. The van der Waals surface area contributed by atoms with Crippen LogP contribution in [0.15, 0.2) is 133 Å². The zero-order valence-corrected chi connectivity index (χ0v) is 21.6. The number of hydrogen-bond donors (Lipinski definition) is 0. The lowest BCUT2D eigenvalue weighted by Crippen LogP contribution is -1.96. The molecule has 1 heteroatoms. The molecule has 0 bridgehead atoms. The van der Waals surface area contributed by atoms with Crippen molar-refractivity contribution < 1.29 is 0 Å². The largest absolute Gasteiger partial charge is 0.309 e. The Hall–Kier alpha value is -4.88. The van der Waals surface area contributed by atoms with Crippen LogP contribution >= 0.6 is 0 Å². The van der Waals surface area contributed by atoms with Crippen LogP contribution in [0.2, 0.25) is 0 Å². The molecule has 0 amide bonds. The van der Waals surface area contributed by atoms with Crippen LogP contribution in [0.3, 0.4) is 0 Å². The fourth-order valence-corrected chi connectivity index (χ4v) is 6.40. The minimum Gasteiger partial charge on any atom is -0.309 e. The number of nitrogens with zero attached hydrogens (tertiary/aromatic N) is 1. The van der Waals surface area contributed by atoms with E-state index in [1.807, 2.05) is 0 Å². The van der Waals surface area contributed by atoms with Gasteiger partial charge < -0.3 is 4.57 Å². The molecule has 8 rings (SSSR count). The monoisotopic (exact) mass is 497 g/mol. The first-order chi connectivity index (χ1) is 19.3. The van der Waals surface area contributed by atoms with Gasteiger partial charge in [-0.3, -0.25) is 0 Å². The maximum atomic E-state index is 2.43. The molecule has 0 saturated carbocycles. The molecule has 1 aliphatic carbocycles. The molecule has 0 N–H and O–H groups in total. The SMILES string of the molecule is C1=Cc2c(cccc2-c2cccc(-c3ccc4c(c3)c3ccccc3n4-c3cccc4ccccc34)c2)CC1. The van der Waals surface area contributed by atoms with Crippen LogP contribution < -0.4 is 0 Å². The average Bonchev–Trinajstić information content (AvgIpc) is 3.34. The van der Waals surface area contributed by atoms with Crippen LogP contribution in [0.25, 0.3) is 66.6 Å². The van der Waals surface area contributed by atoms with Gasteiger partial charge in [0.05, 0.1) is 16.7 Å². The van der Waals surface area contributed by atoms with Crippen molar-refractivity contribution in [1.82, 2.24) is 4.57 Å². The molecule has 0 fully saturated rings. The number of benzene rings is 6. The molecule has 184 valence electrons. The van der Waals surface area contributed by atoms with Crippen molar-refractivity contribution in [1.29, 1.82) is 0 Å². The van der Waals surface area contributed by atoms with Crippen molar-refractivity contribution in [2.45, 2.75) is 12.8 Å². The van der Waals surface area contributed by atoms with E-state index in [4.69, 9.17) is 0 Å². The highest BCUT2D eigenvalue weighted by atomic mass is 15.0. The number of fused-ring (bicyclic) bond motifs is 5. The van der Waals surface area contributed by atoms with Gasteiger partial charge in [0.2, 0.25) is 0 Å². The summed E-state index contributed by atoms with van der Waals surface area (Å²) < 4.78 is 2.43. The second-order valence-electron chi connectivity index (χ2n) is 10.5. The highest BCUT2D eigenvalue weighted by Crippen LogP contribution is 2.38. The van der Waals surface area contributed by atoms with Gasteiger partial charge in [0.1, 0.15) is 0 Å². The zero-order valence-electron chi connectivity index (χ0n) is 21.6. The van der Waals surface area contributed by atoms with Crippen molar-refractivity contribution in [3.63, 3.8) is 0 Å². The second kappa shape index (κ2) is 8.85. The highest BCUT2D eigenvalue weighted by Gasteiger charge is 2.16. The summed E-state index contributed by atoms with van der Waals surface area (Å²) in [5, 5.41) is 5.08. The Morgan fingerprint density at radius 3 is 2.23 bits per heavy atom. The van der Waals surface area contributed by atoms with Gasteiger partial charge in [0.15, 0.2) is 0 Å². The third-order valence-corrected chi connectivity index (χ3v) is 8.25. The van der Waals surface area contributed by atoms with Crippen molar-refractivity contribution >= 4 is 38.7 Å². The summed E-state index contributed by atoms with van der Waals surface area (Å²) in [7, 11) is 0. The Kier molecular flexibility index (Phi) is 5.03. The Morgan fingerprint density at radius 1 is 0.513 bits per heavy atom. The maximum Gasteiger partial charge on any atom is 0.0541 e. The lowest BCUT2D eigenvalue weighted by atomic mass is 9.89. The molecule has 0 atom stereocenters. The molecule has 1 aromatic heterocycles. The van der Waals surface area contributed by atoms with Gasteiger partial charge in [-0.05, 0) is 81.9 Å². The summed E-state index contributed by atoms with van der Waals surface area (Å²) in [4.78, 5) is 0. The van der Waals surface area contributed by atoms with E-state index in [2.05, 4.69) is 144 Å². The molecule has 0 aliphatic heterocycles. The highest BCUT2D eigenvalue weighted by molar-refractivity contribution is 6.11.